The van der Waals surface area contributed by atoms with Crippen LogP contribution in [0.1, 0.15) is 11.3 Å². The van der Waals surface area contributed by atoms with Crippen molar-refractivity contribution in [2.75, 3.05) is 0 Å². The van der Waals surface area contributed by atoms with Crippen molar-refractivity contribution in [3.05, 3.63) is 92.9 Å². The van der Waals surface area contributed by atoms with Crippen molar-refractivity contribution in [1.29, 1.82) is 5.26 Å². The van der Waals surface area contributed by atoms with Gasteiger partial charge < -0.3 is 4.98 Å². The van der Waals surface area contributed by atoms with Gasteiger partial charge in [-0.1, -0.05) is 65.8 Å². The Morgan fingerprint density at radius 3 is 2.61 bits per heavy atom. The number of nitrogens with zero attached hydrogens (tertiary/aromatic N) is 4. The molecule has 6 nitrogen and oxygen atoms in total. The molecule has 0 unspecified atom stereocenters. The van der Waals surface area contributed by atoms with Gasteiger partial charge in [-0.05, 0) is 17.7 Å². The number of benzene rings is 2. The number of nitriles is 1. The number of aromatic amines is 1. The van der Waals surface area contributed by atoms with E-state index in [1.807, 2.05) is 60.0 Å². The van der Waals surface area contributed by atoms with Crippen molar-refractivity contribution < 1.29 is 0 Å². The quantitative estimate of drug-likeness (QED) is 0.309. The predicted octanol–water partition coefficient (Wildman–Crippen LogP) is 5.93. The first-order valence-corrected chi connectivity index (χ1v) is 12.1. The minimum atomic E-state index is -0.327. The van der Waals surface area contributed by atoms with Crippen LogP contribution in [-0.4, -0.2) is 19.9 Å². The van der Waals surface area contributed by atoms with E-state index in [2.05, 4.69) is 21.0 Å². The molecule has 0 saturated heterocycles. The van der Waals surface area contributed by atoms with Gasteiger partial charge in [0.25, 0.3) is 5.56 Å². The highest BCUT2D eigenvalue weighted by molar-refractivity contribution is 7.98. The molecule has 0 aliphatic heterocycles. The fraction of sp³-hybridized carbons (Fsp3) is 0.0417. The van der Waals surface area contributed by atoms with Gasteiger partial charge in [0.1, 0.15) is 16.1 Å². The number of fused-ring (bicyclic) bond motifs is 1. The second-order valence-electron chi connectivity index (χ2n) is 7.01. The van der Waals surface area contributed by atoms with Gasteiger partial charge in [-0.15, -0.1) is 11.3 Å². The molecule has 0 bridgehead atoms. The highest BCUT2D eigenvalue weighted by Gasteiger charge is 2.20. The van der Waals surface area contributed by atoms with E-state index in [4.69, 9.17) is 16.6 Å². The van der Waals surface area contributed by atoms with E-state index in [0.29, 0.717) is 38.0 Å². The Morgan fingerprint density at radius 2 is 1.85 bits per heavy atom. The van der Waals surface area contributed by atoms with Crippen molar-refractivity contribution in [3.8, 4) is 27.8 Å². The smallest absolute Gasteiger partial charge is 0.260 e. The molecule has 0 aliphatic rings. The Balaban J connectivity index is 1.54. The Hall–Kier alpha value is -3.51. The van der Waals surface area contributed by atoms with E-state index >= 15 is 0 Å². The monoisotopic (exact) mass is 487 g/mol. The molecule has 0 aliphatic carbocycles. The van der Waals surface area contributed by atoms with Gasteiger partial charge in [0, 0.05) is 27.3 Å². The minimum absolute atomic E-state index is 0.305. The van der Waals surface area contributed by atoms with E-state index in [1.165, 1.54) is 18.1 Å². The Bertz CT molecular complexity index is 1560. The van der Waals surface area contributed by atoms with Crippen molar-refractivity contribution in [2.45, 2.75) is 10.8 Å². The molecule has 5 rings (SSSR count). The summed E-state index contributed by atoms with van der Waals surface area (Å²) in [5, 5.41) is 14.4. The van der Waals surface area contributed by atoms with Crippen molar-refractivity contribution in [2.24, 2.45) is 0 Å². The topological polar surface area (TPSA) is 95.3 Å². The lowest BCUT2D eigenvalue weighted by atomic mass is 9.99. The van der Waals surface area contributed by atoms with Gasteiger partial charge in [0.15, 0.2) is 5.65 Å². The maximum Gasteiger partial charge on any atom is 0.260 e. The van der Waals surface area contributed by atoms with Gasteiger partial charge in [-0.3, -0.25) is 4.79 Å². The third-order valence-corrected chi connectivity index (χ3v) is 7.13. The van der Waals surface area contributed by atoms with E-state index in [1.54, 1.807) is 11.3 Å². The molecule has 0 atom stereocenters. The molecule has 1 N–H and O–H groups in total. The van der Waals surface area contributed by atoms with Crippen LogP contribution < -0.4 is 5.56 Å². The SMILES string of the molecule is N#Cc1c(SCc2csc(-c3ccc(Cl)cc3)n2)nc2nc[nH]c(=O)c2c1-c1ccccc1. The predicted molar refractivity (Wildman–Crippen MR) is 132 cm³/mol. The Kier molecular flexibility index (Phi) is 5.92. The summed E-state index contributed by atoms with van der Waals surface area (Å²) in [4.78, 5) is 28.7. The summed E-state index contributed by atoms with van der Waals surface area (Å²) in [6, 6.07) is 19.2. The highest BCUT2D eigenvalue weighted by atomic mass is 35.5. The van der Waals surface area contributed by atoms with Crippen LogP contribution in [0.4, 0.5) is 0 Å². The average Bonchev–Trinajstić information content (AvgIpc) is 3.32. The first-order valence-electron chi connectivity index (χ1n) is 9.84. The fourth-order valence-electron chi connectivity index (χ4n) is 3.43. The lowest BCUT2D eigenvalue weighted by Gasteiger charge is -2.11. The summed E-state index contributed by atoms with van der Waals surface area (Å²) < 4.78 is 0. The molecule has 5 aromatic rings. The Labute approximate surface area is 202 Å². The summed E-state index contributed by atoms with van der Waals surface area (Å²) in [5.74, 6) is 0.523. The molecule has 33 heavy (non-hydrogen) atoms. The molecular formula is C24H14ClN5OS2. The summed E-state index contributed by atoms with van der Waals surface area (Å²) in [6.45, 7) is 0. The van der Waals surface area contributed by atoms with Crippen LogP contribution in [0.15, 0.2) is 76.1 Å². The molecule has 3 aromatic heterocycles. The first-order chi connectivity index (χ1) is 16.1. The fourth-order valence-corrected chi connectivity index (χ4v) is 5.36. The lowest BCUT2D eigenvalue weighted by Crippen LogP contribution is -2.10. The maximum absolute atomic E-state index is 12.6. The zero-order valence-corrected chi connectivity index (χ0v) is 19.3. The maximum atomic E-state index is 12.6. The number of halogens is 1. The van der Waals surface area contributed by atoms with E-state index in [-0.39, 0.29) is 5.56 Å². The molecular weight excluding hydrogens is 474 g/mol. The molecule has 0 spiro atoms. The lowest BCUT2D eigenvalue weighted by molar-refractivity contribution is 1.08. The number of aromatic nitrogens is 4. The number of hydrogen-bond acceptors (Lipinski definition) is 7. The van der Waals surface area contributed by atoms with Crippen LogP contribution in [0, 0.1) is 11.3 Å². The third-order valence-electron chi connectivity index (χ3n) is 4.93. The summed E-state index contributed by atoms with van der Waals surface area (Å²) >= 11 is 8.93. The van der Waals surface area contributed by atoms with E-state index < -0.39 is 0 Å². The van der Waals surface area contributed by atoms with E-state index in [0.717, 1.165) is 21.8 Å². The van der Waals surface area contributed by atoms with Gasteiger partial charge >= 0.3 is 0 Å². The van der Waals surface area contributed by atoms with Gasteiger partial charge in [-0.25, -0.2) is 15.0 Å². The number of thioether (sulfide) groups is 1. The van der Waals surface area contributed by atoms with Gasteiger partial charge in [0.05, 0.1) is 23.0 Å². The minimum Gasteiger partial charge on any atom is -0.312 e. The second kappa shape index (κ2) is 9.16. The number of rotatable bonds is 5. The van der Waals surface area contributed by atoms with Crippen LogP contribution in [-0.2, 0) is 5.75 Å². The first kappa shape index (κ1) is 21.3. The highest BCUT2D eigenvalue weighted by Crippen LogP contribution is 2.36. The number of pyridine rings is 1. The van der Waals surface area contributed by atoms with Crippen LogP contribution in [0.2, 0.25) is 5.02 Å². The molecule has 0 fully saturated rings. The molecule has 0 amide bonds. The molecule has 3 heterocycles. The zero-order chi connectivity index (χ0) is 22.8. The third kappa shape index (κ3) is 4.26. The Morgan fingerprint density at radius 1 is 1.06 bits per heavy atom. The van der Waals surface area contributed by atoms with E-state index in [9.17, 15) is 10.1 Å². The summed E-state index contributed by atoms with van der Waals surface area (Å²) in [6.07, 6.45) is 1.33. The molecule has 0 radical (unpaired) electrons. The molecule has 0 saturated carbocycles. The van der Waals surface area contributed by atoms with Crippen LogP contribution in [0.3, 0.4) is 0 Å². The van der Waals surface area contributed by atoms with Crippen LogP contribution >= 0.6 is 34.7 Å². The molecule has 2 aromatic carbocycles. The standard InChI is InChI=1S/C24H14ClN5OS2/c25-16-8-6-15(7-9-16)23-29-17(11-32-23)12-33-24-18(10-26)19(14-4-2-1-3-5-14)20-21(30-24)27-13-28-22(20)31/h1-9,11,13H,12H2,(H,27,28,30,31). The zero-order valence-electron chi connectivity index (χ0n) is 16.9. The van der Waals surface area contributed by atoms with Gasteiger partial charge in [0.2, 0.25) is 0 Å². The largest absolute Gasteiger partial charge is 0.312 e. The van der Waals surface area contributed by atoms with Crippen molar-refractivity contribution >= 4 is 45.7 Å². The summed E-state index contributed by atoms with van der Waals surface area (Å²) in [5.41, 5.74) is 3.51. The normalized spacial score (nSPS) is 10.9. The van der Waals surface area contributed by atoms with Crippen LogP contribution in [0.25, 0.3) is 32.7 Å². The summed E-state index contributed by atoms with van der Waals surface area (Å²) in [7, 11) is 0. The van der Waals surface area contributed by atoms with Crippen molar-refractivity contribution in [3.63, 3.8) is 0 Å². The van der Waals surface area contributed by atoms with Gasteiger partial charge in [-0.2, -0.15) is 5.26 Å². The van der Waals surface area contributed by atoms with Crippen molar-refractivity contribution in [1.82, 2.24) is 19.9 Å². The number of nitrogens with one attached hydrogen (secondary N) is 1. The average molecular weight is 488 g/mol. The van der Waals surface area contributed by atoms with Crippen LogP contribution in [0.5, 0.6) is 0 Å². The number of H-pyrrole nitrogens is 1. The molecule has 9 heteroatoms. The number of hydrogen-bond donors (Lipinski definition) is 1. The number of thiazole rings is 1. The second-order valence-corrected chi connectivity index (χ2v) is 9.27. The molecule has 160 valence electrons.